The first kappa shape index (κ1) is 20.1. The minimum absolute atomic E-state index is 0.0617. The zero-order valence-corrected chi connectivity index (χ0v) is 18.0. The van der Waals surface area contributed by atoms with E-state index in [1.165, 1.54) is 11.1 Å². The molecule has 1 aliphatic carbocycles. The number of hydrogen-bond acceptors (Lipinski definition) is 6. The van der Waals surface area contributed by atoms with Gasteiger partial charge in [0.15, 0.2) is 0 Å². The van der Waals surface area contributed by atoms with E-state index in [-0.39, 0.29) is 23.7 Å². The van der Waals surface area contributed by atoms with Gasteiger partial charge in [-0.05, 0) is 11.1 Å². The fourth-order valence-corrected chi connectivity index (χ4v) is 4.91. The van der Waals surface area contributed by atoms with Crippen molar-refractivity contribution in [2.45, 2.75) is 23.7 Å². The zero-order chi connectivity index (χ0) is 21.9. The SMILES string of the molecule is COc1cncc([C@H]2[C@H](c3ccccc3)[C@H](c3ccccc3)[C@@H]2c2cncc(OC)n2)n1. The van der Waals surface area contributed by atoms with Crippen molar-refractivity contribution in [3.8, 4) is 11.8 Å². The van der Waals surface area contributed by atoms with E-state index < -0.39 is 0 Å². The molecule has 2 heterocycles. The van der Waals surface area contributed by atoms with E-state index >= 15 is 0 Å². The maximum absolute atomic E-state index is 5.38. The summed E-state index contributed by atoms with van der Waals surface area (Å²) in [6.45, 7) is 0. The van der Waals surface area contributed by atoms with E-state index in [4.69, 9.17) is 19.4 Å². The number of methoxy groups -OCH3 is 2. The summed E-state index contributed by atoms with van der Waals surface area (Å²) in [6, 6.07) is 21.2. The largest absolute Gasteiger partial charge is 0.480 e. The minimum Gasteiger partial charge on any atom is -0.480 e. The molecule has 5 rings (SSSR count). The first-order valence-corrected chi connectivity index (χ1v) is 10.6. The van der Waals surface area contributed by atoms with Crippen molar-refractivity contribution in [1.29, 1.82) is 0 Å². The summed E-state index contributed by atoms with van der Waals surface area (Å²) in [6.07, 6.45) is 6.94. The van der Waals surface area contributed by atoms with Crippen LogP contribution in [0.3, 0.4) is 0 Å². The van der Waals surface area contributed by atoms with Gasteiger partial charge in [0.05, 0.1) is 38.0 Å². The Bertz CT molecular complexity index is 1090. The van der Waals surface area contributed by atoms with Crippen molar-refractivity contribution >= 4 is 0 Å². The van der Waals surface area contributed by atoms with Crippen LogP contribution in [0, 0.1) is 0 Å². The molecular formula is C26H24N4O2. The van der Waals surface area contributed by atoms with E-state index in [0.29, 0.717) is 11.8 Å². The monoisotopic (exact) mass is 424 g/mol. The highest BCUT2D eigenvalue weighted by Crippen LogP contribution is 2.65. The second-order valence-corrected chi connectivity index (χ2v) is 7.90. The van der Waals surface area contributed by atoms with Gasteiger partial charge in [0.1, 0.15) is 0 Å². The van der Waals surface area contributed by atoms with Crippen LogP contribution in [-0.2, 0) is 0 Å². The first-order valence-electron chi connectivity index (χ1n) is 10.6. The summed E-state index contributed by atoms with van der Waals surface area (Å²) in [5, 5.41) is 0. The van der Waals surface area contributed by atoms with Crippen LogP contribution in [0.2, 0.25) is 0 Å². The van der Waals surface area contributed by atoms with Gasteiger partial charge >= 0.3 is 0 Å². The van der Waals surface area contributed by atoms with Crippen LogP contribution < -0.4 is 9.47 Å². The Morgan fingerprint density at radius 2 is 0.938 bits per heavy atom. The molecule has 0 saturated heterocycles. The maximum atomic E-state index is 5.38. The highest BCUT2D eigenvalue weighted by atomic mass is 16.5. The van der Waals surface area contributed by atoms with Gasteiger partial charge in [-0.15, -0.1) is 0 Å². The Balaban J connectivity index is 1.69. The number of ether oxygens (including phenoxy) is 2. The third kappa shape index (κ3) is 3.58. The number of aromatic nitrogens is 4. The fourth-order valence-electron chi connectivity index (χ4n) is 4.91. The molecule has 6 nitrogen and oxygen atoms in total. The summed E-state index contributed by atoms with van der Waals surface area (Å²) < 4.78 is 10.8. The van der Waals surface area contributed by atoms with Gasteiger partial charge in [0.2, 0.25) is 11.8 Å². The lowest BCUT2D eigenvalue weighted by Crippen LogP contribution is -2.41. The predicted molar refractivity (Wildman–Crippen MR) is 121 cm³/mol. The van der Waals surface area contributed by atoms with Gasteiger partial charge in [0.25, 0.3) is 0 Å². The molecule has 4 aromatic rings. The zero-order valence-electron chi connectivity index (χ0n) is 18.0. The molecule has 2 aromatic carbocycles. The van der Waals surface area contributed by atoms with E-state index in [1.807, 2.05) is 24.5 Å². The van der Waals surface area contributed by atoms with Crippen molar-refractivity contribution in [3.63, 3.8) is 0 Å². The maximum Gasteiger partial charge on any atom is 0.232 e. The highest BCUT2D eigenvalue weighted by molar-refractivity contribution is 5.45. The summed E-state index contributed by atoms with van der Waals surface area (Å²) in [5.74, 6) is 1.55. The molecule has 1 saturated carbocycles. The Kier molecular flexibility index (Phi) is 5.50. The minimum atomic E-state index is 0.0617. The van der Waals surface area contributed by atoms with Crippen LogP contribution in [0.15, 0.2) is 85.5 Å². The molecule has 0 N–H and O–H groups in total. The molecule has 4 atom stereocenters. The molecule has 0 aliphatic heterocycles. The number of hydrogen-bond donors (Lipinski definition) is 0. The smallest absolute Gasteiger partial charge is 0.232 e. The van der Waals surface area contributed by atoms with Crippen LogP contribution in [0.25, 0.3) is 0 Å². The molecule has 1 fully saturated rings. The molecule has 160 valence electrons. The van der Waals surface area contributed by atoms with Gasteiger partial charge in [-0.3, -0.25) is 9.97 Å². The number of nitrogens with zero attached hydrogens (tertiary/aromatic N) is 4. The van der Waals surface area contributed by atoms with Gasteiger partial charge in [0, 0.05) is 36.1 Å². The third-order valence-corrected chi connectivity index (χ3v) is 6.28. The van der Waals surface area contributed by atoms with E-state index in [1.54, 1.807) is 26.6 Å². The molecular weight excluding hydrogens is 400 g/mol. The lowest BCUT2D eigenvalue weighted by atomic mass is 9.51. The quantitative estimate of drug-likeness (QED) is 0.446. The molecule has 0 bridgehead atoms. The van der Waals surface area contributed by atoms with Gasteiger partial charge < -0.3 is 9.47 Å². The topological polar surface area (TPSA) is 70.0 Å². The van der Waals surface area contributed by atoms with Gasteiger partial charge in [-0.2, -0.15) is 0 Å². The van der Waals surface area contributed by atoms with Crippen molar-refractivity contribution in [2.24, 2.45) is 0 Å². The van der Waals surface area contributed by atoms with Crippen LogP contribution in [0.5, 0.6) is 11.8 Å². The van der Waals surface area contributed by atoms with E-state index in [0.717, 1.165) is 11.4 Å². The molecule has 0 radical (unpaired) electrons. The Hall–Kier alpha value is -3.80. The van der Waals surface area contributed by atoms with E-state index in [2.05, 4.69) is 58.5 Å². The normalized spacial score (nSPS) is 22.1. The Morgan fingerprint density at radius 3 is 1.31 bits per heavy atom. The lowest BCUT2D eigenvalue weighted by molar-refractivity contribution is 0.216. The van der Waals surface area contributed by atoms with Crippen LogP contribution in [-0.4, -0.2) is 34.2 Å². The Labute approximate surface area is 187 Å². The molecule has 1 aliphatic rings. The van der Waals surface area contributed by atoms with Crippen molar-refractivity contribution in [3.05, 3.63) is 108 Å². The van der Waals surface area contributed by atoms with Crippen molar-refractivity contribution in [2.75, 3.05) is 14.2 Å². The van der Waals surface area contributed by atoms with Gasteiger partial charge in [-0.1, -0.05) is 60.7 Å². The first-order chi connectivity index (χ1) is 15.8. The van der Waals surface area contributed by atoms with Crippen LogP contribution >= 0.6 is 0 Å². The molecule has 32 heavy (non-hydrogen) atoms. The average Bonchev–Trinajstić information content (AvgIpc) is 2.85. The molecule has 0 unspecified atom stereocenters. The molecule has 0 spiro atoms. The summed E-state index contributed by atoms with van der Waals surface area (Å²) in [5.41, 5.74) is 4.31. The third-order valence-electron chi connectivity index (χ3n) is 6.28. The van der Waals surface area contributed by atoms with Gasteiger partial charge in [-0.25, -0.2) is 9.97 Å². The number of rotatable bonds is 6. The summed E-state index contributed by atoms with van der Waals surface area (Å²) >= 11 is 0. The second kappa shape index (κ2) is 8.75. The summed E-state index contributed by atoms with van der Waals surface area (Å²) in [4.78, 5) is 18.3. The molecule has 2 aromatic heterocycles. The molecule has 0 amide bonds. The lowest BCUT2D eigenvalue weighted by Gasteiger charge is -2.52. The fraction of sp³-hybridized carbons (Fsp3) is 0.231. The average molecular weight is 425 g/mol. The van der Waals surface area contributed by atoms with Crippen molar-refractivity contribution < 1.29 is 9.47 Å². The number of benzene rings is 2. The molecule has 6 heteroatoms. The highest BCUT2D eigenvalue weighted by Gasteiger charge is 2.54. The predicted octanol–water partition coefficient (Wildman–Crippen LogP) is 4.73. The summed E-state index contributed by atoms with van der Waals surface area (Å²) in [7, 11) is 3.22. The second-order valence-electron chi connectivity index (χ2n) is 7.90. The van der Waals surface area contributed by atoms with Crippen molar-refractivity contribution in [1.82, 2.24) is 19.9 Å². The van der Waals surface area contributed by atoms with Crippen LogP contribution in [0.1, 0.15) is 46.2 Å². The van der Waals surface area contributed by atoms with E-state index in [9.17, 15) is 0 Å². The standard InChI is InChI=1S/C26H24N4O2/c1-31-21-15-27-13-19(29-21)25-23(17-9-5-3-6-10-17)24(18-11-7-4-8-12-18)26(25)20-14-28-16-22(30-20)32-2/h3-16,23-26H,1-2H3/t23-,24+,25-,26-/m0/s1. The Morgan fingerprint density at radius 1 is 0.531 bits per heavy atom. The van der Waals surface area contributed by atoms with Crippen LogP contribution in [0.4, 0.5) is 0 Å².